The van der Waals surface area contributed by atoms with E-state index < -0.39 is 11.6 Å². The normalized spacial score (nSPS) is 22.2. The number of fused-ring (bicyclic) bond motifs is 6. The van der Waals surface area contributed by atoms with Crippen molar-refractivity contribution in [3.63, 3.8) is 0 Å². The second kappa shape index (κ2) is 10.1. The van der Waals surface area contributed by atoms with Crippen LogP contribution >= 0.6 is 0 Å². The molecule has 3 aliphatic heterocycles. The Morgan fingerprint density at radius 2 is 2.05 bits per heavy atom. The van der Waals surface area contributed by atoms with Crippen molar-refractivity contribution in [2.24, 2.45) is 0 Å². The van der Waals surface area contributed by atoms with Crippen molar-refractivity contribution < 1.29 is 23.4 Å². The minimum absolute atomic E-state index is 0.0495. The summed E-state index contributed by atoms with van der Waals surface area (Å²) in [5, 5.41) is 18.4. The number of aromatic hydroxyl groups is 1. The molecule has 4 aromatic rings. The molecule has 220 valence electrons. The van der Waals surface area contributed by atoms with E-state index in [1.165, 1.54) is 24.3 Å². The molecule has 43 heavy (non-hydrogen) atoms. The third-order valence-electron chi connectivity index (χ3n) is 9.21. The summed E-state index contributed by atoms with van der Waals surface area (Å²) in [5.74, 6) is 1.61. The number of aryl methyl sites for hydroxylation is 2. The first kappa shape index (κ1) is 27.3. The maximum absolute atomic E-state index is 17.1. The zero-order chi connectivity index (χ0) is 30.2. The lowest BCUT2D eigenvalue weighted by Gasteiger charge is -2.43. The van der Waals surface area contributed by atoms with Crippen LogP contribution in [0.4, 0.5) is 14.6 Å². The predicted molar refractivity (Wildman–Crippen MR) is 160 cm³/mol. The molecule has 2 aromatic heterocycles. The van der Waals surface area contributed by atoms with Gasteiger partial charge in [0.25, 0.3) is 0 Å². The number of aromatic nitrogens is 2. The summed E-state index contributed by atoms with van der Waals surface area (Å²) in [4.78, 5) is 24.3. The highest BCUT2D eigenvalue weighted by Crippen LogP contribution is 2.47. The Labute approximate surface area is 247 Å². The lowest BCUT2D eigenvalue weighted by molar-refractivity contribution is -0.120. The Morgan fingerprint density at radius 1 is 1.23 bits per heavy atom. The van der Waals surface area contributed by atoms with Gasteiger partial charge in [-0.3, -0.25) is 4.79 Å². The van der Waals surface area contributed by atoms with E-state index in [2.05, 4.69) is 21.5 Å². The third-order valence-corrected chi connectivity index (χ3v) is 9.21. The van der Waals surface area contributed by atoms with Crippen LogP contribution in [0, 0.1) is 30.9 Å². The van der Waals surface area contributed by atoms with Gasteiger partial charge in [0, 0.05) is 54.1 Å². The Kier molecular flexibility index (Phi) is 6.40. The number of carbonyl (C=O) groups is 1. The van der Waals surface area contributed by atoms with Crippen LogP contribution in [0.2, 0.25) is 0 Å². The van der Waals surface area contributed by atoms with Gasteiger partial charge in [-0.05, 0) is 62.3 Å². The largest absolute Gasteiger partial charge is 0.508 e. The summed E-state index contributed by atoms with van der Waals surface area (Å²) in [6.45, 7) is 4.44. The van der Waals surface area contributed by atoms with Crippen LogP contribution in [0.5, 0.6) is 11.6 Å². The smallest absolute Gasteiger partial charge is 0.226 e. The first-order chi connectivity index (χ1) is 20.7. The molecule has 3 N–H and O–H groups in total. The summed E-state index contributed by atoms with van der Waals surface area (Å²) < 4.78 is 38.6. The van der Waals surface area contributed by atoms with Crippen LogP contribution < -0.4 is 20.3 Å². The topological polar surface area (TPSA) is 99.6 Å². The molecule has 2 saturated heterocycles. The molecule has 10 heteroatoms. The van der Waals surface area contributed by atoms with E-state index in [1.807, 2.05) is 6.92 Å². The van der Waals surface area contributed by atoms with Crippen LogP contribution in [0.15, 0.2) is 24.3 Å². The highest BCUT2D eigenvalue weighted by Gasteiger charge is 2.47. The quantitative estimate of drug-likeness (QED) is 0.305. The third kappa shape index (κ3) is 4.17. The second-order valence-corrected chi connectivity index (χ2v) is 11.7. The molecule has 5 heterocycles. The Morgan fingerprint density at radius 3 is 2.81 bits per heavy atom. The lowest BCUT2D eigenvalue weighted by atomic mass is 9.94. The molecular weight excluding hydrogens is 552 g/mol. The number of pyridine rings is 2. The Bertz CT molecular complexity index is 1890. The van der Waals surface area contributed by atoms with Crippen LogP contribution in [0.25, 0.3) is 32.8 Å². The molecule has 4 atom stereocenters. The number of amides is 1. The van der Waals surface area contributed by atoms with Gasteiger partial charge in [0.2, 0.25) is 11.8 Å². The van der Waals surface area contributed by atoms with Crippen LogP contribution in [-0.4, -0.2) is 58.8 Å². The number of phenols is 1. The lowest BCUT2D eigenvalue weighted by Crippen LogP contribution is -2.62. The number of nitrogens with zero attached hydrogens (tertiary/aromatic N) is 3. The Hall–Kier alpha value is -4.49. The van der Waals surface area contributed by atoms with E-state index in [4.69, 9.17) is 21.1 Å². The van der Waals surface area contributed by atoms with E-state index in [9.17, 15) is 14.3 Å². The molecule has 0 spiro atoms. The van der Waals surface area contributed by atoms with Crippen molar-refractivity contribution in [1.29, 1.82) is 0 Å². The first-order valence-corrected chi connectivity index (χ1v) is 14.5. The van der Waals surface area contributed by atoms with Gasteiger partial charge in [-0.15, -0.1) is 6.42 Å². The van der Waals surface area contributed by atoms with E-state index >= 15 is 4.39 Å². The highest BCUT2D eigenvalue weighted by atomic mass is 19.1. The summed E-state index contributed by atoms with van der Waals surface area (Å²) in [7, 11) is 1.58. The van der Waals surface area contributed by atoms with Gasteiger partial charge >= 0.3 is 0 Å². The van der Waals surface area contributed by atoms with Crippen molar-refractivity contribution in [2.75, 3.05) is 18.5 Å². The number of nitrogens with one attached hydrogen (secondary N) is 2. The summed E-state index contributed by atoms with van der Waals surface area (Å²) in [5.41, 5.74) is 1.15. The molecule has 1 amide bonds. The number of carbonyl (C=O) groups excluding carboxylic acids is 1. The summed E-state index contributed by atoms with van der Waals surface area (Å²) >= 11 is 0. The van der Waals surface area contributed by atoms with Crippen LogP contribution in [0.3, 0.4) is 0 Å². The monoisotopic (exact) mass is 583 g/mol. The molecule has 7 rings (SSSR count). The molecular formula is C33H31F2N5O3. The van der Waals surface area contributed by atoms with Gasteiger partial charge in [0.15, 0.2) is 5.82 Å². The number of ether oxygens (including phenoxy) is 1. The van der Waals surface area contributed by atoms with E-state index in [0.29, 0.717) is 40.8 Å². The fourth-order valence-corrected chi connectivity index (χ4v) is 7.23. The van der Waals surface area contributed by atoms with Crippen molar-refractivity contribution >= 4 is 33.3 Å². The fourth-order valence-electron chi connectivity index (χ4n) is 7.23. The van der Waals surface area contributed by atoms with E-state index in [1.54, 1.807) is 14.0 Å². The molecule has 8 nitrogen and oxygen atoms in total. The van der Waals surface area contributed by atoms with Crippen molar-refractivity contribution in [2.45, 2.75) is 63.8 Å². The van der Waals surface area contributed by atoms with Gasteiger partial charge in [-0.2, -0.15) is 0 Å². The number of phenolic OH excluding ortho intramolecular Hbond substituents is 1. The van der Waals surface area contributed by atoms with E-state index in [-0.39, 0.29) is 75.8 Å². The number of benzene rings is 2. The molecule has 2 fully saturated rings. The van der Waals surface area contributed by atoms with Gasteiger partial charge in [-0.25, -0.2) is 18.7 Å². The summed E-state index contributed by atoms with van der Waals surface area (Å²) in [6.07, 6.45) is 7.90. The number of anilines is 1. The number of halogens is 2. The molecule has 2 aromatic carbocycles. The minimum atomic E-state index is -0.659. The number of hydrogen-bond donors (Lipinski definition) is 3. The molecule has 3 aliphatic rings. The molecule has 2 bridgehead atoms. The van der Waals surface area contributed by atoms with Crippen molar-refractivity contribution in [1.82, 2.24) is 20.6 Å². The maximum atomic E-state index is 17.1. The second-order valence-electron chi connectivity index (χ2n) is 11.7. The molecule has 0 radical (unpaired) electrons. The fraction of sp³-hybridized carbons (Fsp3) is 0.364. The van der Waals surface area contributed by atoms with Crippen molar-refractivity contribution in [3.8, 4) is 35.2 Å². The maximum Gasteiger partial charge on any atom is 0.226 e. The minimum Gasteiger partial charge on any atom is -0.508 e. The van der Waals surface area contributed by atoms with Gasteiger partial charge in [0.1, 0.15) is 29.2 Å². The van der Waals surface area contributed by atoms with Crippen LogP contribution in [0.1, 0.15) is 43.0 Å². The number of terminal acetylenes is 1. The molecule has 0 aliphatic carbocycles. The van der Waals surface area contributed by atoms with Crippen molar-refractivity contribution in [3.05, 3.63) is 52.7 Å². The van der Waals surface area contributed by atoms with Gasteiger partial charge in [0.05, 0.1) is 17.0 Å². The number of piperazine rings is 1. The van der Waals surface area contributed by atoms with Gasteiger partial charge in [-0.1, -0.05) is 12.0 Å². The highest BCUT2D eigenvalue weighted by molar-refractivity contribution is 6.06. The summed E-state index contributed by atoms with van der Waals surface area (Å²) in [6, 6.07) is 5.88. The van der Waals surface area contributed by atoms with E-state index in [0.717, 1.165) is 12.8 Å². The molecule has 0 saturated carbocycles. The van der Waals surface area contributed by atoms with Crippen LogP contribution in [-0.2, 0) is 11.2 Å². The zero-order valence-corrected chi connectivity index (χ0v) is 24.1. The number of hydrogen-bond acceptors (Lipinski definition) is 7. The average molecular weight is 584 g/mol. The number of rotatable bonds is 4. The zero-order valence-electron chi connectivity index (χ0n) is 24.1. The van der Waals surface area contributed by atoms with Gasteiger partial charge < -0.3 is 25.4 Å². The molecule has 0 unspecified atom stereocenters. The standard InChI is InChI=1S/C33H31F2N5O3/c1-5-20-22(34)8-6-17-12-19(41)13-21(27(17)20)30-29(35)26-15(2)23(10-11-25(42)36-4)38-32-28(26)33(39-30)43-16(3)31-24-9-7-18(37-24)14-40(31)32/h1,6,8,12-13,16,18,24,31,37,41H,7,9-11,14H2,2-4H3,(H,36,42)/t16-,18+,24-,31+/m0/s1. The SMILES string of the molecule is C#Cc1c(F)ccc2cc(O)cc(-c3nc4c5c(nc(CCC(=O)NC)c(C)c5c3F)N3C[C@H]5CC[C@H](N5)[C@H]3[C@H](C)O4)c12. The Balaban J connectivity index is 1.55. The first-order valence-electron chi connectivity index (χ1n) is 14.5. The average Bonchev–Trinajstić information content (AvgIpc) is 3.31. The predicted octanol–water partition coefficient (Wildman–Crippen LogP) is 4.49.